The molecular weight excluding hydrogens is 366 g/mol. The molecule has 0 radical (unpaired) electrons. The fourth-order valence-electron chi connectivity index (χ4n) is 3.41. The van der Waals surface area contributed by atoms with E-state index in [9.17, 15) is 15.2 Å². The standard InChI is InChI=1S/C23H23N3O3/c1-12-13(2)15(4)21(16(5)14(12)3)23(28)29-11-20(27)17(10-24)22-25-18-8-6-7-9-19(18)26-22/h6-9,27H,11H2,1-5H3,(H,25,26)/b20-17-. The lowest BCUT2D eigenvalue weighted by molar-refractivity contribution is 0.0501. The smallest absolute Gasteiger partial charge is 0.339 e. The molecule has 2 aromatic carbocycles. The highest BCUT2D eigenvalue weighted by atomic mass is 16.5. The largest absolute Gasteiger partial charge is 0.507 e. The van der Waals surface area contributed by atoms with Gasteiger partial charge in [-0.25, -0.2) is 9.78 Å². The second-order valence-corrected chi connectivity index (χ2v) is 7.11. The number of aromatic nitrogens is 2. The van der Waals surface area contributed by atoms with E-state index in [-0.39, 0.29) is 17.2 Å². The summed E-state index contributed by atoms with van der Waals surface area (Å²) < 4.78 is 5.34. The number of benzene rings is 2. The van der Waals surface area contributed by atoms with Crippen LogP contribution in [0.5, 0.6) is 0 Å². The van der Waals surface area contributed by atoms with Crippen molar-refractivity contribution in [1.29, 1.82) is 5.26 Å². The van der Waals surface area contributed by atoms with Gasteiger partial charge in [-0.1, -0.05) is 12.1 Å². The summed E-state index contributed by atoms with van der Waals surface area (Å²) in [6, 6.07) is 9.24. The Morgan fingerprint density at radius 1 is 1.07 bits per heavy atom. The lowest BCUT2D eigenvalue weighted by Crippen LogP contribution is -2.14. The molecule has 2 N–H and O–H groups in total. The minimum Gasteiger partial charge on any atom is -0.507 e. The number of hydrogen-bond acceptors (Lipinski definition) is 5. The van der Waals surface area contributed by atoms with Gasteiger partial charge in [0.1, 0.15) is 18.2 Å². The van der Waals surface area contributed by atoms with Crippen molar-refractivity contribution < 1.29 is 14.6 Å². The number of carbonyl (C=O) groups excluding carboxylic acids is 1. The summed E-state index contributed by atoms with van der Waals surface area (Å²) in [5, 5.41) is 19.9. The fourth-order valence-corrected chi connectivity index (χ4v) is 3.41. The van der Waals surface area contributed by atoms with Crippen LogP contribution in [0.4, 0.5) is 0 Å². The lowest BCUT2D eigenvalue weighted by Gasteiger charge is -2.17. The third kappa shape index (κ3) is 3.59. The topological polar surface area (TPSA) is 99.0 Å². The van der Waals surface area contributed by atoms with Crippen LogP contribution in [0.1, 0.15) is 44.0 Å². The molecule has 0 fully saturated rings. The monoisotopic (exact) mass is 389 g/mol. The molecule has 29 heavy (non-hydrogen) atoms. The average molecular weight is 389 g/mol. The van der Waals surface area contributed by atoms with Gasteiger partial charge in [0.2, 0.25) is 0 Å². The SMILES string of the molecule is Cc1c(C)c(C)c(C(=O)OC/C(O)=C(\C#N)c2nc3ccccc3[nH]2)c(C)c1C. The predicted molar refractivity (Wildman–Crippen MR) is 112 cm³/mol. The Morgan fingerprint density at radius 2 is 1.66 bits per heavy atom. The number of aromatic amines is 1. The fraction of sp³-hybridized carbons (Fsp3) is 0.261. The van der Waals surface area contributed by atoms with Gasteiger partial charge in [-0.2, -0.15) is 5.26 Å². The molecule has 6 heteroatoms. The van der Waals surface area contributed by atoms with Gasteiger partial charge in [-0.15, -0.1) is 0 Å². The molecule has 0 atom stereocenters. The molecule has 1 aromatic heterocycles. The summed E-state index contributed by atoms with van der Waals surface area (Å²) in [5.74, 6) is -0.646. The molecule has 0 aliphatic carbocycles. The zero-order valence-corrected chi connectivity index (χ0v) is 17.2. The van der Waals surface area contributed by atoms with Crippen LogP contribution < -0.4 is 0 Å². The number of carbonyl (C=O) groups is 1. The highest BCUT2D eigenvalue weighted by Gasteiger charge is 2.21. The van der Waals surface area contributed by atoms with E-state index in [2.05, 4.69) is 9.97 Å². The van der Waals surface area contributed by atoms with Crippen molar-refractivity contribution in [2.24, 2.45) is 0 Å². The van der Waals surface area contributed by atoms with Crippen LogP contribution in [0.15, 0.2) is 30.0 Å². The molecule has 0 bridgehead atoms. The maximum Gasteiger partial charge on any atom is 0.339 e. The molecule has 1 heterocycles. The Kier molecular flexibility index (Phi) is 5.42. The van der Waals surface area contributed by atoms with Gasteiger partial charge >= 0.3 is 5.97 Å². The van der Waals surface area contributed by atoms with Gasteiger partial charge in [-0.05, 0) is 74.6 Å². The number of para-hydroxylation sites is 2. The molecule has 3 aromatic rings. The number of nitriles is 1. The molecule has 0 aliphatic rings. The Labute approximate surface area is 169 Å². The van der Waals surface area contributed by atoms with Crippen LogP contribution in [-0.4, -0.2) is 27.7 Å². The number of hydrogen-bond donors (Lipinski definition) is 2. The van der Waals surface area contributed by atoms with Gasteiger partial charge in [0.05, 0.1) is 16.6 Å². The number of imidazole rings is 1. The van der Waals surface area contributed by atoms with Crippen molar-refractivity contribution in [2.45, 2.75) is 34.6 Å². The van der Waals surface area contributed by atoms with E-state index < -0.39 is 12.6 Å². The average Bonchev–Trinajstić information content (AvgIpc) is 3.13. The Balaban J connectivity index is 1.88. The number of nitrogens with one attached hydrogen (secondary N) is 1. The summed E-state index contributed by atoms with van der Waals surface area (Å²) in [6.45, 7) is 9.33. The summed E-state index contributed by atoms with van der Waals surface area (Å²) in [6.07, 6.45) is 0. The van der Waals surface area contributed by atoms with Crippen molar-refractivity contribution in [2.75, 3.05) is 6.61 Å². The van der Waals surface area contributed by atoms with Crippen LogP contribution in [0, 0.1) is 45.9 Å². The number of aliphatic hydroxyl groups excluding tert-OH is 1. The van der Waals surface area contributed by atoms with Crippen molar-refractivity contribution in [3.63, 3.8) is 0 Å². The van der Waals surface area contributed by atoms with Gasteiger partial charge < -0.3 is 14.8 Å². The molecular formula is C23H23N3O3. The minimum atomic E-state index is -0.528. The predicted octanol–water partition coefficient (Wildman–Crippen LogP) is 4.75. The zero-order chi connectivity index (χ0) is 21.3. The second-order valence-electron chi connectivity index (χ2n) is 7.11. The van der Waals surface area contributed by atoms with E-state index in [0.29, 0.717) is 11.1 Å². The second kappa shape index (κ2) is 7.80. The number of allylic oxidation sites excluding steroid dienone is 1. The molecule has 3 rings (SSSR count). The minimum absolute atomic E-state index is 0.0567. The number of aliphatic hydroxyl groups is 1. The first-order valence-corrected chi connectivity index (χ1v) is 9.27. The quantitative estimate of drug-likeness (QED) is 0.381. The lowest BCUT2D eigenvalue weighted by atomic mass is 9.90. The molecule has 0 aliphatic heterocycles. The first kappa shape index (κ1) is 20.2. The highest BCUT2D eigenvalue weighted by molar-refractivity contribution is 5.94. The van der Waals surface area contributed by atoms with E-state index in [1.165, 1.54) is 0 Å². The van der Waals surface area contributed by atoms with E-state index >= 15 is 0 Å². The summed E-state index contributed by atoms with van der Waals surface area (Å²) in [7, 11) is 0. The molecule has 148 valence electrons. The third-order valence-electron chi connectivity index (χ3n) is 5.57. The molecule has 0 spiro atoms. The number of rotatable bonds is 4. The van der Waals surface area contributed by atoms with Gasteiger partial charge in [0.25, 0.3) is 0 Å². The number of ether oxygens (including phenoxy) is 1. The van der Waals surface area contributed by atoms with Gasteiger partial charge in [0, 0.05) is 0 Å². The highest BCUT2D eigenvalue weighted by Crippen LogP contribution is 2.27. The van der Waals surface area contributed by atoms with Crippen molar-refractivity contribution >= 4 is 22.6 Å². The van der Waals surface area contributed by atoms with E-state index in [1.807, 2.05) is 58.9 Å². The van der Waals surface area contributed by atoms with Crippen LogP contribution in [-0.2, 0) is 4.74 Å². The number of esters is 1. The number of H-pyrrole nitrogens is 1. The van der Waals surface area contributed by atoms with Crippen molar-refractivity contribution in [3.8, 4) is 6.07 Å². The normalized spacial score (nSPS) is 11.9. The van der Waals surface area contributed by atoms with Crippen LogP contribution in [0.25, 0.3) is 16.6 Å². The van der Waals surface area contributed by atoms with Crippen LogP contribution >= 0.6 is 0 Å². The third-order valence-corrected chi connectivity index (χ3v) is 5.57. The maximum absolute atomic E-state index is 12.7. The van der Waals surface area contributed by atoms with E-state index in [1.54, 1.807) is 6.07 Å². The van der Waals surface area contributed by atoms with Crippen LogP contribution in [0.3, 0.4) is 0 Å². The molecule has 6 nitrogen and oxygen atoms in total. The zero-order valence-electron chi connectivity index (χ0n) is 17.2. The maximum atomic E-state index is 12.7. The first-order valence-electron chi connectivity index (χ1n) is 9.27. The van der Waals surface area contributed by atoms with Crippen molar-refractivity contribution in [3.05, 3.63) is 69.2 Å². The number of fused-ring (bicyclic) bond motifs is 1. The van der Waals surface area contributed by atoms with E-state index in [0.717, 1.165) is 33.3 Å². The molecule has 0 amide bonds. The first-order chi connectivity index (χ1) is 13.8. The Hall–Kier alpha value is -3.59. The van der Waals surface area contributed by atoms with Gasteiger partial charge in [-0.3, -0.25) is 0 Å². The van der Waals surface area contributed by atoms with Gasteiger partial charge in [0.15, 0.2) is 11.6 Å². The van der Waals surface area contributed by atoms with Crippen molar-refractivity contribution in [1.82, 2.24) is 9.97 Å². The summed E-state index contributed by atoms with van der Waals surface area (Å²) in [5.41, 5.74) is 6.82. The molecule has 0 saturated carbocycles. The Bertz CT molecular complexity index is 1130. The van der Waals surface area contributed by atoms with E-state index in [4.69, 9.17) is 4.74 Å². The summed E-state index contributed by atoms with van der Waals surface area (Å²) >= 11 is 0. The summed E-state index contributed by atoms with van der Waals surface area (Å²) in [4.78, 5) is 20.0. The van der Waals surface area contributed by atoms with Crippen LogP contribution in [0.2, 0.25) is 0 Å². The molecule has 0 unspecified atom stereocenters. The molecule has 0 saturated heterocycles. The Morgan fingerprint density at radius 3 is 2.24 bits per heavy atom. The number of nitrogens with zero attached hydrogens (tertiary/aromatic N) is 2.